The van der Waals surface area contributed by atoms with E-state index in [-0.39, 0.29) is 26.3 Å². The van der Waals surface area contributed by atoms with E-state index >= 15 is 0 Å². The molecule has 0 atom stereocenters. The van der Waals surface area contributed by atoms with Crippen LogP contribution in [0.25, 0.3) is 20.9 Å². The predicted octanol–water partition coefficient (Wildman–Crippen LogP) is 1.86. The second-order valence-electron chi connectivity index (χ2n) is 3.23. The first-order valence-electron chi connectivity index (χ1n) is 5.53. The molecule has 0 saturated carbocycles. The lowest BCUT2D eigenvalue weighted by molar-refractivity contribution is -0.154. The highest BCUT2D eigenvalue weighted by atomic mass is 16.6. The van der Waals surface area contributed by atoms with Crippen molar-refractivity contribution in [3.63, 3.8) is 0 Å². The molecule has 0 fully saturated rings. The van der Waals surface area contributed by atoms with Crippen molar-refractivity contribution < 1.29 is 19.1 Å². The van der Waals surface area contributed by atoms with Crippen LogP contribution >= 0.6 is 0 Å². The number of azide groups is 2. The molecule has 0 amide bonds. The number of ether oxygens (including phenoxy) is 2. The third kappa shape index (κ3) is 11.8. The average Bonchev–Trinajstić information content (AvgIpc) is 2.38. The van der Waals surface area contributed by atoms with Gasteiger partial charge in [0, 0.05) is 22.9 Å². The second kappa shape index (κ2) is 12.0. The van der Waals surface area contributed by atoms with E-state index in [0.717, 1.165) is 0 Å². The van der Waals surface area contributed by atoms with Gasteiger partial charge in [-0.2, -0.15) is 0 Å². The van der Waals surface area contributed by atoms with Crippen molar-refractivity contribution in [1.82, 2.24) is 0 Å². The van der Waals surface area contributed by atoms with Crippen LogP contribution in [0.4, 0.5) is 0 Å². The summed E-state index contributed by atoms with van der Waals surface area (Å²) in [5.41, 5.74) is 16.0. The van der Waals surface area contributed by atoms with E-state index < -0.39 is 18.4 Å². The van der Waals surface area contributed by atoms with Gasteiger partial charge >= 0.3 is 11.9 Å². The zero-order chi connectivity index (χ0) is 14.3. The molecule has 104 valence electrons. The lowest BCUT2D eigenvalue weighted by atomic mass is 10.4. The lowest BCUT2D eigenvalue weighted by Gasteiger charge is -2.04. The molecule has 0 aromatic heterocycles. The van der Waals surface area contributed by atoms with Crippen molar-refractivity contribution in [3.8, 4) is 0 Å². The summed E-state index contributed by atoms with van der Waals surface area (Å²) in [7, 11) is 0. The third-order valence-electron chi connectivity index (χ3n) is 1.75. The van der Waals surface area contributed by atoms with Gasteiger partial charge in [0.05, 0.1) is 13.2 Å². The number of carbonyl (C=O) groups is 2. The van der Waals surface area contributed by atoms with E-state index in [9.17, 15) is 9.59 Å². The Morgan fingerprint density at radius 3 is 1.68 bits per heavy atom. The fraction of sp³-hybridized carbons (Fsp3) is 0.778. The second-order valence-corrected chi connectivity index (χ2v) is 3.23. The molecule has 0 heterocycles. The lowest BCUT2D eigenvalue weighted by Crippen LogP contribution is -2.15. The van der Waals surface area contributed by atoms with Crippen molar-refractivity contribution in [2.75, 3.05) is 26.3 Å². The van der Waals surface area contributed by atoms with Crippen LogP contribution in [0.3, 0.4) is 0 Å². The number of nitrogens with zero attached hydrogens (tertiary/aromatic N) is 6. The van der Waals surface area contributed by atoms with E-state index in [1.54, 1.807) is 0 Å². The van der Waals surface area contributed by atoms with Crippen LogP contribution in [0.1, 0.15) is 19.3 Å². The molecule has 0 aliphatic rings. The van der Waals surface area contributed by atoms with Crippen molar-refractivity contribution >= 4 is 11.9 Å². The van der Waals surface area contributed by atoms with E-state index in [1.165, 1.54) is 0 Å². The van der Waals surface area contributed by atoms with Gasteiger partial charge in [-0.15, -0.1) is 0 Å². The zero-order valence-electron chi connectivity index (χ0n) is 10.3. The van der Waals surface area contributed by atoms with Gasteiger partial charge in [0.25, 0.3) is 0 Å². The summed E-state index contributed by atoms with van der Waals surface area (Å²) >= 11 is 0. The van der Waals surface area contributed by atoms with Gasteiger partial charge in [-0.1, -0.05) is 10.2 Å². The Bertz CT molecular complexity index is 350. The largest absolute Gasteiger partial charge is 0.465 e. The summed E-state index contributed by atoms with van der Waals surface area (Å²) in [6.45, 7) is 0.630. The van der Waals surface area contributed by atoms with Gasteiger partial charge in [-0.3, -0.25) is 9.59 Å². The summed E-state index contributed by atoms with van der Waals surface area (Å²) < 4.78 is 9.43. The Hall–Kier alpha value is -2.44. The van der Waals surface area contributed by atoms with Gasteiger partial charge in [0.15, 0.2) is 0 Å². The monoisotopic (exact) mass is 270 g/mol. The highest BCUT2D eigenvalue weighted by molar-refractivity contribution is 5.91. The molecular weight excluding hydrogens is 256 g/mol. The first-order valence-corrected chi connectivity index (χ1v) is 5.53. The summed E-state index contributed by atoms with van der Waals surface area (Å²) in [5.74, 6) is -1.39. The minimum absolute atomic E-state index is 0.0853. The number of hydrogen-bond acceptors (Lipinski definition) is 6. The van der Waals surface area contributed by atoms with Crippen molar-refractivity contribution in [2.24, 2.45) is 10.2 Å². The molecule has 0 rings (SSSR count). The molecule has 0 saturated heterocycles. The third-order valence-corrected chi connectivity index (χ3v) is 1.75. The molecule has 19 heavy (non-hydrogen) atoms. The van der Waals surface area contributed by atoms with Crippen LogP contribution in [0.2, 0.25) is 0 Å². The number of hydrogen-bond donors (Lipinski definition) is 0. The molecule has 0 unspecified atom stereocenters. The summed E-state index contributed by atoms with van der Waals surface area (Å²) in [4.78, 5) is 27.3. The van der Waals surface area contributed by atoms with Gasteiger partial charge < -0.3 is 9.47 Å². The number of esters is 2. The molecule has 0 bridgehead atoms. The molecule has 0 N–H and O–H groups in total. The molecule has 0 aliphatic carbocycles. The number of carbonyl (C=O) groups excluding carboxylic acids is 2. The molecule has 0 radical (unpaired) electrons. The molecule has 0 aromatic carbocycles. The Morgan fingerprint density at radius 2 is 1.32 bits per heavy atom. The highest BCUT2D eigenvalue weighted by Crippen LogP contribution is 1.94. The average molecular weight is 270 g/mol. The van der Waals surface area contributed by atoms with Gasteiger partial charge in [0.1, 0.15) is 6.42 Å². The number of rotatable bonds is 10. The standard InChI is InChI=1S/C9H14N6O4/c10-14-12-3-1-5-18-8(16)7-9(17)19-6-2-4-13-15-11/h1-7H2. The Morgan fingerprint density at radius 1 is 0.895 bits per heavy atom. The maximum atomic E-state index is 11.1. The molecule has 10 nitrogen and oxygen atoms in total. The molecule has 0 aliphatic heterocycles. The SMILES string of the molecule is [N-]=[N+]=NCCCOC(=O)CC(=O)OCCCN=[N+]=[N-]. The van der Waals surface area contributed by atoms with Crippen LogP contribution in [-0.2, 0) is 19.1 Å². The van der Waals surface area contributed by atoms with Crippen molar-refractivity contribution in [1.29, 1.82) is 0 Å². The summed E-state index contributed by atoms with van der Waals surface area (Å²) in [5, 5.41) is 6.52. The minimum atomic E-state index is -0.694. The minimum Gasteiger partial charge on any atom is -0.465 e. The van der Waals surface area contributed by atoms with E-state index in [1.807, 2.05) is 0 Å². The zero-order valence-corrected chi connectivity index (χ0v) is 10.3. The van der Waals surface area contributed by atoms with Gasteiger partial charge in [0.2, 0.25) is 0 Å². The van der Waals surface area contributed by atoms with E-state index in [4.69, 9.17) is 20.5 Å². The fourth-order valence-corrected chi connectivity index (χ4v) is 0.952. The predicted molar refractivity (Wildman–Crippen MR) is 63.8 cm³/mol. The smallest absolute Gasteiger partial charge is 0.317 e. The van der Waals surface area contributed by atoms with Crippen molar-refractivity contribution in [3.05, 3.63) is 20.9 Å². The molecule has 10 heteroatoms. The van der Waals surface area contributed by atoms with E-state index in [0.29, 0.717) is 12.8 Å². The van der Waals surface area contributed by atoms with Crippen LogP contribution in [0.5, 0.6) is 0 Å². The quantitative estimate of drug-likeness (QED) is 0.148. The maximum absolute atomic E-state index is 11.1. The Balaban J connectivity index is 3.54. The first kappa shape index (κ1) is 16.6. The molecule has 0 aromatic rings. The Labute approximate surface area is 108 Å². The fourth-order valence-electron chi connectivity index (χ4n) is 0.952. The maximum Gasteiger partial charge on any atom is 0.317 e. The Kier molecular flexibility index (Phi) is 10.5. The van der Waals surface area contributed by atoms with Crippen LogP contribution in [-0.4, -0.2) is 38.2 Å². The van der Waals surface area contributed by atoms with Gasteiger partial charge in [-0.25, -0.2) is 0 Å². The summed E-state index contributed by atoms with van der Waals surface area (Å²) in [6, 6.07) is 0. The van der Waals surface area contributed by atoms with Crippen LogP contribution < -0.4 is 0 Å². The topological polar surface area (TPSA) is 150 Å². The van der Waals surface area contributed by atoms with Gasteiger partial charge in [-0.05, 0) is 23.9 Å². The van der Waals surface area contributed by atoms with E-state index in [2.05, 4.69) is 20.1 Å². The molecule has 0 spiro atoms. The first-order chi connectivity index (χ1) is 9.20. The van der Waals surface area contributed by atoms with Crippen LogP contribution in [0.15, 0.2) is 10.2 Å². The van der Waals surface area contributed by atoms with Crippen molar-refractivity contribution in [2.45, 2.75) is 19.3 Å². The van der Waals surface area contributed by atoms with Crippen LogP contribution in [0, 0.1) is 0 Å². The molecular formula is C9H14N6O4. The normalized spacial score (nSPS) is 8.84. The highest BCUT2D eigenvalue weighted by Gasteiger charge is 2.11. The summed E-state index contributed by atoms with van der Waals surface area (Å²) in [6.07, 6.45) is 0.330.